The third kappa shape index (κ3) is 3.72. The van der Waals surface area contributed by atoms with Crippen molar-refractivity contribution in [3.8, 4) is 0 Å². The van der Waals surface area contributed by atoms with E-state index in [4.69, 9.17) is 4.74 Å². The minimum absolute atomic E-state index is 0.170. The van der Waals surface area contributed by atoms with Crippen LogP contribution in [-0.2, 0) is 29.4 Å². The summed E-state index contributed by atoms with van der Waals surface area (Å²) in [4.78, 5) is 25.8. The summed E-state index contributed by atoms with van der Waals surface area (Å²) in [6.45, 7) is 3.95. The van der Waals surface area contributed by atoms with Gasteiger partial charge in [0.25, 0.3) is 0 Å². The van der Waals surface area contributed by atoms with E-state index in [1.54, 1.807) is 6.92 Å². The van der Waals surface area contributed by atoms with Crippen LogP contribution in [0.4, 0.5) is 5.00 Å². The van der Waals surface area contributed by atoms with Gasteiger partial charge in [0.2, 0.25) is 5.91 Å². The molecule has 0 aliphatic heterocycles. The number of esters is 1. The van der Waals surface area contributed by atoms with Crippen molar-refractivity contribution < 1.29 is 14.3 Å². The van der Waals surface area contributed by atoms with Crippen LogP contribution in [0.3, 0.4) is 0 Å². The summed E-state index contributed by atoms with van der Waals surface area (Å²) in [5, 5.41) is 12.2. The fraction of sp³-hybridized carbons (Fsp3) is 0.500. The zero-order valence-corrected chi connectivity index (χ0v) is 16.1. The molecule has 0 radical (unpaired) electrons. The Labute approximate surface area is 154 Å². The molecule has 1 amide bonds. The normalized spacial score (nSPS) is 12.9. The Morgan fingerprint density at radius 2 is 2.16 bits per heavy atom. The van der Waals surface area contributed by atoms with Crippen LogP contribution in [0.2, 0.25) is 0 Å². The summed E-state index contributed by atoms with van der Waals surface area (Å²) >= 11 is 2.80. The predicted octanol–water partition coefficient (Wildman–Crippen LogP) is 2.58. The number of hydrogen-bond donors (Lipinski definition) is 1. The second kappa shape index (κ2) is 7.57. The number of thioether (sulfide) groups is 1. The molecule has 25 heavy (non-hydrogen) atoms. The van der Waals surface area contributed by atoms with E-state index in [1.165, 1.54) is 28.0 Å². The molecule has 0 spiro atoms. The number of fused-ring (bicyclic) bond motifs is 1. The number of aryl methyl sites for hydroxylation is 2. The molecule has 1 N–H and O–H groups in total. The molecule has 3 rings (SSSR count). The highest BCUT2D eigenvalue weighted by molar-refractivity contribution is 7.99. The monoisotopic (exact) mass is 380 g/mol. The first kappa shape index (κ1) is 17.9. The van der Waals surface area contributed by atoms with Gasteiger partial charge in [0, 0.05) is 11.9 Å². The van der Waals surface area contributed by atoms with E-state index in [9.17, 15) is 9.59 Å². The average Bonchev–Trinajstić information content (AvgIpc) is 3.22. The van der Waals surface area contributed by atoms with Crippen LogP contribution in [0.15, 0.2) is 5.16 Å². The number of carbonyl (C=O) groups is 2. The number of ether oxygens (including phenoxy) is 1. The third-order valence-electron chi connectivity index (χ3n) is 4.04. The van der Waals surface area contributed by atoms with Crippen molar-refractivity contribution in [3.05, 3.63) is 21.8 Å². The van der Waals surface area contributed by atoms with Crippen molar-refractivity contribution in [1.82, 2.24) is 14.8 Å². The predicted molar refractivity (Wildman–Crippen MR) is 97.4 cm³/mol. The molecule has 2 heterocycles. The minimum Gasteiger partial charge on any atom is -0.462 e. The molecular weight excluding hydrogens is 360 g/mol. The van der Waals surface area contributed by atoms with E-state index in [1.807, 2.05) is 18.5 Å². The van der Waals surface area contributed by atoms with Crippen molar-refractivity contribution in [2.24, 2.45) is 7.05 Å². The van der Waals surface area contributed by atoms with Gasteiger partial charge < -0.3 is 14.6 Å². The van der Waals surface area contributed by atoms with Gasteiger partial charge in [-0.15, -0.1) is 21.5 Å². The lowest BCUT2D eigenvalue weighted by Crippen LogP contribution is -2.17. The van der Waals surface area contributed by atoms with Crippen LogP contribution < -0.4 is 5.32 Å². The zero-order chi connectivity index (χ0) is 18.0. The van der Waals surface area contributed by atoms with Crippen LogP contribution in [0.1, 0.15) is 40.0 Å². The number of hydrogen-bond acceptors (Lipinski definition) is 7. The molecule has 2 aromatic heterocycles. The molecular formula is C16H20N4O3S2. The number of carbonyl (C=O) groups excluding carboxylic acids is 2. The maximum atomic E-state index is 12.3. The quantitative estimate of drug-likeness (QED) is 0.612. The zero-order valence-electron chi connectivity index (χ0n) is 14.4. The summed E-state index contributed by atoms with van der Waals surface area (Å²) in [5.41, 5.74) is 1.57. The van der Waals surface area contributed by atoms with Gasteiger partial charge >= 0.3 is 5.97 Å². The molecule has 9 heteroatoms. The largest absolute Gasteiger partial charge is 0.462 e. The Hall–Kier alpha value is -1.87. The number of anilines is 1. The lowest BCUT2D eigenvalue weighted by atomic mass is 10.1. The van der Waals surface area contributed by atoms with Crippen LogP contribution >= 0.6 is 23.1 Å². The van der Waals surface area contributed by atoms with Crippen LogP contribution in [0.25, 0.3) is 0 Å². The molecule has 0 fully saturated rings. The molecule has 0 aromatic carbocycles. The smallest absolute Gasteiger partial charge is 0.341 e. The van der Waals surface area contributed by atoms with Crippen LogP contribution in [-0.4, -0.2) is 39.0 Å². The summed E-state index contributed by atoms with van der Waals surface area (Å²) in [5.74, 6) is 0.476. The first-order valence-corrected chi connectivity index (χ1v) is 9.91. The van der Waals surface area contributed by atoms with E-state index in [-0.39, 0.29) is 17.6 Å². The van der Waals surface area contributed by atoms with Crippen molar-refractivity contribution in [3.63, 3.8) is 0 Å². The first-order chi connectivity index (χ1) is 12.0. The number of nitrogens with one attached hydrogen (secondary N) is 1. The van der Waals surface area contributed by atoms with E-state index in [0.29, 0.717) is 22.3 Å². The molecule has 0 unspecified atom stereocenters. The number of nitrogens with zero attached hydrogens (tertiary/aromatic N) is 3. The maximum absolute atomic E-state index is 12.3. The standard InChI is InChI=1S/C16H20N4O3S2/c1-4-23-15(22)13-10-6-5-7-11(10)25-14(13)17-12(21)8-24-16-19-18-9(2)20(16)3/h4-8H2,1-3H3,(H,17,21). The average molecular weight is 380 g/mol. The Bertz CT molecular complexity index is 813. The molecule has 0 saturated carbocycles. The van der Waals surface area contributed by atoms with Crippen molar-refractivity contribution in [2.75, 3.05) is 17.7 Å². The highest BCUT2D eigenvalue weighted by Gasteiger charge is 2.28. The Kier molecular flexibility index (Phi) is 5.43. The third-order valence-corrected chi connectivity index (χ3v) is 6.27. The Balaban J connectivity index is 1.71. The van der Waals surface area contributed by atoms with Crippen molar-refractivity contribution in [2.45, 2.75) is 38.3 Å². The fourth-order valence-corrected chi connectivity index (χ4v) is 4.77. The lowest BCUT2D eigenvalue weighted by molar-refractivity contribution is -0.113. The first-order valence-electron chi connectivity index (χ1n) is 8.11. The van der Waals surface area contributed by atoms with E-state index < -0.39 is 0 Å². The van der Waals surface area contributed by atoms with Gasteiger partial charge in [0.05, 0.1) is 17.9 Å². The highest BCUT2D eigenvalue weighted by Crippen LogP contribution is 2.39. The van der Waals surface area contributed by atoms with Gasteiger partial charge in [-0.05, 0) is 38.7 Å². The van der Waals surface area contributed by atoms with Gasteiger partial charge in [-0.1, -0.05) is 11.8 Å². The lowest BCUT2D eigenvalue weighted by Gasteiger charge is -2.08. The number of amides is 1. The molecule has 2 aromatic rings. The van der Waals surface area contributed by atoms with E-state index >= 15 is 0 Å². The summed E-state index contributed by atoms with van der Waals surface area (Å²) < 4.78 is 7.01. The Morgan fingerprint density at radius 1 is 1.36 bits per heavy atom. The maximum Gasteiger partial charge on any atom is 0.341 e. The molecule has 134 valence electrons. The molecule has 0 saturated heterocycles. The molecule has 1 aliphatic carbocycles. The van der Waals surface area contributed by atoms with Gasteiger partial charge in [-0.25, -0.2) is 4.79 Å². The van der Waals surface area contributed by atoms with E-state index in [0.717, 1.165) is 30.7 Å². The topological polar surface area (TPSA) is 86.1 Å². The number of aromatic nitrogens is 3. The number of rotatable bonds is 6. The fourth-order valence-electron chi connectivity index (χ4n) is 2.72. The van der Waals surface area contributed by atoms with Crippen molar-refractivity contribution >= 4 is 40.0 Å². The SMILES string of the molecule is CCOC(=O)c1c(NC(=O)CSc2nnc(C)n2C)sc2c1CCC2. The Morgan fingerprint density at radius 3 is 2.84 bits per heavy atom. The van der Waals surface area contributed by atoms with Gasteiger partial charge in [0.1, 0.15) is 10.8 Å². The second-order valence-corrected chi connectivity index (χ2v) is 7.76. The summed E-state index contributed by atoms with van der Waals surface area (Å²) in [6, 6.07) is 0. The van der Waals surface area contributed by atoms with Crippen molar-refractivity contribution in [1.29, 1.82) is 0 Å². The molecule has 0 atom stereocenters. The van der Waals surface area contributed by atoms with Gasteiger partial charge in [-0.2, -0.15) is 0 Å². The molecule has 1 aliphatic rings. The molecule has 7 nitrogen and oxygen atoms in total. The minimum atomic E-state index is -0.353. The van der Waals surface area contributed by atoms with E-state index in [2.05, 4.69) is 15.5 Å². The summed E-state index contributed by atoms with van der Waals surface area (Å²) in [7, 11) is 1.86. The molecule has 0 bridgehead atoms. The van der Waals surface area contributed by atoms with Crippen LogP contribution in [0.5, 0.6) is 0 Å². The number of thiophene rings is 1. The second-order valence-electron chi connectivity index (χ2n) is 5.71. The van der Waals surface area contributed by atoms with Gasteiger partial charge in [0.15, 0.2) is 5.16 Å². The highest BCUT2D eigenvalue weighted by atomic mass is 32.2. The van der Waals surface area contributed by atoms with Gasteiger partial charge in [-0.3, -0.25) is 4.79 Å². The summed E-state index contributed by atoms with van der Waals surface area (Å²) in [6.07, 6.45) is 2.86. The van der Waals surface area contributed by atoms with Crippen LogP contribution in [0, 0.1) is 6.92 Å².